The molecule has 4 aliphatic carbocycles. The minimum absolute atomic E-state index is 0.573. The quantitative estimate of drug-likeness (QED) is 0.0532. The van der Waals surface area contributed by atoms with Gasteiger partial charge in [-0.05, 0) is 248 Å². The molecule has 20 rings (SSSR count). The van der Waals surface area contributed by atoms with Crippen LogP contribution in [-0.2, 0) is 0 Å². The van der Waals surface area contributed by atoms with Crippen LogP contribution in [0.1, 0.15) is 166 Å². The summed E-state index contributed by atoms with van der Waals surface area (Å²) in [6.07, 6.45) is 15.5. The first-order valence-corrected chi connectivity index (χ1v) is 36.8. The zero-order chi connectivity index (χ0) is 73.1. The highest BCUT2D eigenvalue weighted by Gasteiger charge is 2.32. The third-order valence-electron chi connectivity index (χ3n) is 21.2. The minimum Gasteiger partial charge on any atom is -0.361 e. The third-order valence-corrected chi connectivity index (χ3v) is 21.2. The molecule has 0 spiro atoms. The van der Waals surface area contributed by atoms with Gasteiger partial charge in [0.25, 0.3) is 0 Å². The minimum atomic E-state index is 0.573. The lowest BCUT2D eigenvalue weighted by Gasteiger charge is -2.09. The summed E-state index contributed by atoms with van der Waals surface area (Å²) in [6.45, 7) is 29.0. The maximum atomic E-state index is 5.41. The lowest BCUT2D eigenvalue weighted by atomic mass is 9.95. The summed E-state index contributed by atoms with van der Waals surface area (Å²) in [5.41, 5.74) is 35.3. The maximum absolute atomic E-state index is 5.41. The normalized spacial score (nSPS) is 14.3. The summed E-state index contributed by atoms with van der Waals surface area (Å²) in [6, 6.07) is 23.5. The Balaban J connectivity index is 0.000000104. The molecule has 4 saturated carbocycles. The molecular weight excluding hydrogens is 1330 g/mol. The van der Waals surface area contributed by atoms with Crippen LogP contribution in [0.25, 0.3) is 133 Å². The molecule has 12 aromatic heterocycles. The van der Waals surface area contributed by atoms with Gasteiger partial charge in [-0.25, -0.2) is 19.9 Å². The van der Waals surface area contributed by atoms with E-state index in [9.17, 15) is 0 Å². The molecule has 0 bridgehead atoms. The second-order valence-electron chi connectivity index (χ2n) is 29.5. The van der Waals surface area contributed by atoms with Crippen LogP contribution in [0.3, 0.4) is 0 Å². The van der Waals surface area contributed by atoms with E-state index in [2.05, 4.69) is 151 Å². The number of anilines is 1. The first kappa shape index (κ1) is 67.3. The van der Waals surface area contributed by atoms with Crippen molar-refractivity contribution in [2.24, 2.45) is 5.92 Å². The number of benzene rings is 4. The van der Waals surface area contributed by atoms with Gasteiger partial charge in [0.05, 0.1) is 78.3 Å². The zero-order valence-corrected chi connectivity index (χ0v) is 62.3. The molecule has 0 atom stereocenters. The van der Waals surface area contributed by atoms with Crippen molar-refractivity contribution in [3.63, 3.8) is 0 Å². The lowest BCUT2D eigenvalue weighted by molar-refractivity contribution is 0.393. The fourth-order valence-electron chi connectivity index (χ4n) is 15.2. The number of H-pyrrole nitrogens is 6. The van der Waals surface area contributed by atoms with E-state index in [1.54, 1.807) is 0 Å². The average molecular weight is 1410 g/mol. The van der Waals surface area contributed by atoms with Crippen molar-refractivity contribution in [1.29, 1.82) is 0 Å². The van der Waals surface area contributed by atoms with Gasteiger partial charge < -0.3 is 43.3 Å². The zero-order valence-electron chi connectivity index (χ0n) is 62.3. The van der Waals surface area contributed by atoms with Gasteiger partial charge in [0.15, 0.2) is 0 Å². The van der Waals surface area contributed by atoms with Crippen molar-refractivity contribution >= 4 is 50.1 Å². The summed E-state index contributed by atoms with van der Waals surface area (Å²) in [4.78, 5) is 42.5. The van der Waals surface area contributed by atoms with E-state index in [1.807, 2.05) is 108 Å². The number of fused-ring (bicyclic) bond motifs is 4. The van der Waals surface area contributed by atoms with Crippen molar-refractivity contribution in [3.05, 3.63) is 183 Å². The second-order valence-corrected chi connectivity index (χ2v) is 29.5. The molecule has 0 radical (unpaired) electrons. The number of hydrogen-bond acceptors (Lipinski definition) is 17. The van der Waals surface area contributed by atoms with Crippen molar-refractivity contribution in [3.8, 4) is 89.0 Å². The summed E-state index contributed by atoms with van der Waals surface area (Å²) >= 11 is 0. The number of pyridine rings is 2. The van der Waals surface area contributed by atoms with Gasteiger partial charge in [-0.1, -0.05) is 26.7 Å². The molecule has 0 amide bonds. The summed E-state index contributed by atoms with van der Waals surface area (Å²) in [7, 11) is 0. The van der Waals surface area contributed by atoms with Gasteiger partial charge in [-0.3, -0.25) is 20.2 Å². The first-order valence-electron chi connectivity index (χ1n) is 36.8. The molecule has 106 heavy (non-hydrogen) atoms. The Labute approximate surface area is 611 Å². The van der Waals surface area contributed by atoms with E-state index < -0.39 is 0 Å². The topological polar surface area (TPSA) is 314 Å². The first-order chi connectivity index (χ1) is 51.3. The van der Waals surface area contributed by atoms with Crippen molar-refractivity contribution in [2.75, 3.05) is 11.9 Å². The molecule has 4 aliphatic rings. The Bertz CT molecular complexity index is 5760. The summed E-state index contributed by atoms with van der Waals surface area (Å²) in [5.74, 6) is 9.93. The predicted molar refractivity (Wildman–Crippen MR) is 411 cm³/mol. The summed E-state index contributed by atoms with van der Waals surface area (Å²) < 4.78 is 21.6. The fraction of sp³-hybridized carbons (Fsp3) is 0.325. The Hall–Kier alpha value is -11.9. The van der Waals surface area contributed by atoms with Crippen LogP contribution >= 0.6 is 0 Å². The van der Waals surface area contributed by atoms with Crippen molar-refractivity contribution < 1.29 is 18.1 Å². The number of nitrogens with zero attached hydrogens (tertiary/aromatic N) is 12. The highest BCUT2D eigenvalue weighted by Crippen LogP contribution is 2.47. The van der Waals surface area contributed by atoms with Crippen LogP contribution in [0.2, 0.25) is 0 Å². The molecule has 536 valence electrons. The molecule has 23 heteroatoms. The lowest BCUT2D eigenvalue weighted by Crippen LogP contribution is -2.04. The molecule has 16 aromatic rings. The predicted octanol–water partition coefficient (Wildman–Crippen LogP) is 19.5. The highest BCUT2D eigenvalue weighted by atomic mass is 16.5. The van der Waals surface area contributed by atoms with Gasteiger partial charge >= 0.3 is 0 Å². The van der Waals surface area contributed by atoms with Crippen LogP contribution in [0, 0.1) is 103 Å². The van der Waals surface area contributed by atoms with Gasteiger partial charge in [0.2, 0.25) is 5.95 Å². The van der Waals surface area contributed by atoms with Gasteiger partial charge in [0, 0.05) is 121 Å². The molecule has 23 nitrogen and oxygen atoms in total. The van der Waals surface area contributed by atoms with E-state index in [1.165, 1.54) is 51.4 Å². The van der Waals surface area contributed by atoms with Gasteiger partial charge in [0.1, 0.15) is 40.5 Å². The van der Waals surface area contributed by atoms with E-state index in [0.29, 0.717) is 17.8 Å². The number of aromatic amines is 6. The smallest absolute Gasteiger partial charge is 0.201 e. The second kappa shape index (κ2) is 26.7. The van der Waals surface area contributed by atoms with E-state index in [4.69, 9.17) is 38.0 Å². The van der Waals surface area contributed by atoms with Crippen LogP contribution in [0.15, 0.2) is 103 Å². The average Bonchev–Trinajstić information content (AvgIpc) is 1.59. The number of aryl methyl sites for hydroxylation is 14. The van der Waals surface area contributed by atoms with E-state index >= 15 is 0 Å². The van der Waals surface area contributed by atoms with Gasteiger partial charge in [-0.15, -0.1) is 0 Å². The molecule has 0 saturated heterocycles. The molecule has 12 heterocycles. The number of aromatic nitrogens is 18. The van der Waals surface area contributed by atoms with Crippen molar-refractivity contribution in [2.45, 2.75) is 166 Å². The number of nitrogens with one attached hydrogen (secondary N) is 7. The van der Waals surface area contributed by atoms with Gasteiger partial charge in [-0.2, -0.15) is 10.2 Å². The molecule has 0 aliphatic heterocycles. The molecular formula is C83H85N19O4. The Kier molecular flexibility index (Phi) is 16.9. The number of hydrogen-bond donors (Lipinski definition) is 7. The fourth-order valence-corrected chi connectivity index (χ4v) is 15.2. The molecule has 4 fully saturated rings. The third kappa shape index (κ3) is 12.7. The summed E-state index contributed by atoms with van der Waals surface area (Å²) in [5, 5.41) is 34.9. The number of imidazole rings is 4. The van der Waals surface area contributed by atoms with E-state index in [0.717, 1.165) is 249 Å². The van der Waals surface area contributed by atoms with Crippen molar-refractivity contribution in [1.82, 2.24) is 90.9 Å². The number of rotatable bonds is 14. The highest BCUT2D eigenvalue weighted by molar-refractivity contribution is 6.01. The molecule has 0 unspecified atom stereocenters. The van der Waals surface area contributed by atoms with Crippen LogP contribution < -0.4 is 5.32 Å². The SMILES string of the molecule is Cc1cnccc1-c1cc(-c2c(C)noc2C)cc2[nH]c(C3CC3)nc12.Cc1n[nH]c(C)c1-c1cc(-c2c(C)noc2C)cc2[nH]c(C3CC3)nc12.Cc1n[nH]c(C)c1-c1cc(-c2c(C)noc2C)cc2[nH]c(NCC3CC3)nc12.Cc1ncccc1-c1cc(-c2c(C)noc2C)cc2[nH]c(C3CC3)nc12. The Morgan fingerprint density at radius 1 is 0.377 bits per heavy atom. The maximum Gasteiger partial charge on any atom is 0.201 e. The van der Waals surface area contributed by atoms with Crippen LogP contribution in [0.5, 0.6) is 0 Å². The van der Waals surface area contributed by atoms with Crippen LogP contribution in [0.4, 0.5) is 5.95 Å². The molecule has 4 aromatic carbocycles. The Morgan fingerprint density at radius 3 is 1.12 bits per heavy atom. The monoisotopic (exact) mass is 1410 g/mol. The molecule has 7 N–H and O–H groups in total. The van der Waals surface area contributed by atoms with Crippen LogP contribution in [-0.4, -0.2) is 97.4 Å². The largest absolute Gasteiger partial charge is 0.361 e. The van der Waals surface area contributed by atoms with E-state index in [-0.39, 0.29) is 0 Å². The Morgan fingerprint density at radius 2 is 0.764 bits per heavy atom. The standard InChI is InChI=1S/C21H24N6O.2C21H20N4O.C20H21N5O/c1-10-18(11(2)26-25-10)16-7-15(19-12(3)27-28-13(19)4)8-17-20(16)24-21(23-17)22-9-14-5-6-14;1-11-10-22-7-6-16(11)17-8-15(19-12(2)25-26-13(19)3)9-18-20(17)24-21(23-18)14-4-5-14;1-11-16(5-4-8-22-11)17-9-15(19-12(2)25-26-13(19)3)10-18-20(17)24-21(23-18)14-6-7-14;1-9-17(10(2)24-23-9)15-7-14(18-11(3)25-26-12(18)4)8-16-19(15)22-20(21-16)13-5-6-13/h7-8,14H,5-6,9H2,1-4H3,(H,25,26)(H2,22,23,24);6-10,14H,4-5H2,1-3H3,(H,23,24);4-5,8-10,14H,6-7H2,1-3H3,(H,23,24);7-8,13H,5-6H2,1-4H3,(H,21,22)(H,23,24).